The molecule has 2 aromatic rings. The average molecular weight is 569 g/mol. The maximum atomic E-state index is 13.0. The molecule has 2 saturated carbocycles. The first kappa shape index (κ1) is 30.5. The van der Waals surface area contributed by atoms with Gasteiger partial charge in [0.1, 0.15) is 11.9 Å². The van der Waals surface area contributed by atoms with Gasteiger partial charge in [-0.15, -0.1) is 0 Å². The van der Waals surface area contributed by atoms with Crippen LogP contribution in [0.5, 0.6) is 0 Å². The third kappa shape index (κ3) is 9.05. The van der Waals surface area contributed by atoms with Crippen LogP contribution in [-0.2, 0) is 9.59 Å². The highest BCUT2D eigenvalue weighted by molar-refractivity contribution is 5.92. The van der Waals surface area contributed by atoms with Gasteiger partial charge in [0.25, 0.3) is 0 Å². The molecule has 4 rings (SSSR count). The minimum Gasteiger partial charge on any atom is -0.366 e. The van der Waals surface area contributed by atoms with E-state index in [1.807, 2.05) is 31.1 Å². The fraction of sp³-hybridized carbons (Fsp3) is 0.469. The van der Waals surface area contributed by atoms with E-state index < -0.39 is 6.04 Å². The minimum atomic E-state index is -0.573. The Kier molecular flexibility index (Phi) is 10.5. The largest absolute Gasteiger partial charge is 0.366 e. The molecule has 0 bridgehead atoms. The first-order valence-corrected chi connectivity index (χ1v) is 14.5. The fourth-order valence-corrected chi connectivity index (χ4v) is 4.66. The normalized spacial score (nSPS) is 18.9. The van der Waals surface area contributed by atoms with Gasteiger partial charge < -0.3 is 25.8 Å². The molecule has 1 aromatic carbocycles. The second-order valence-corrected chi connectivity index (χ2v) is 11.3. The van der Waals surface area contributed by atoms with E-state index >= 15 is 0 Å². The number of anilines is 3. The topological polar surface area (TPSA) is 126 Å². The van der Waals surface area contributed by atoms with E-state index in [0.717, 1.165) is 49.8 Å². The highest BCUT2D eigenvalue weighted by Crippen LogP contribution is 2.27. The van der Waals surface area contributed by atoms with Crippen molar-refractivity contribution in [3.63, 3.8) is 0 Å². The molecule has 3 atom stereocenters. The van der Waals surface area contributed by atoms with E-state index in [0.29, 0.717) is 29.9 Å². The second-order valence-electron chi connectivity index (χ2n) is 11.3. The van der Waals surface area contributed by atoms with E-state index in [2.05, 4.69) is 43.8 Å². The lowest BCUT2D eigenvalue weighted by atomic mass is 9.86. The number of hydrogen-bond donors (Lipinski definition) is 3. The van der Waals surface area contributed by atoms with Crippen molar-refractivity contribution in [3.8, 4) is 17.9 Å². The number of aromatic nitrogens is 2. The van der Waals surface area contributed by atoms with Crippen LogP contribution >= 0.6 is 0 Å². The summed E-state index contributed by atoms with van der Waals surface area (Å²) in [5.74, 6) is 7.62. The predicted molar refractivity (Wildman–Crippen MR) is 164 cm³/mol. The lowest BCUT2D eigenvalue weighted by Gasteiger charge is -2.30. The number of nitrogens with one attached hydrogen (secondary N) is 3. The Morgan fingerprint density at radius 1 is 1.17 bits per heavy atom. The molecule has 0 unspecified atom stereocenters. The molecule has 0 spiro atoms. The number of likely N-dealkylation sites (N-methyl/N-ethyl adjacent to an activating group) is 2. The Bertz CT molecular complexity index is 1400. The maximum Gasteiger partial charge on any atom is 0.246 e. The SMILES string of the molecule is C[C@@H](C(=O)N[C@H]1CCC[C@@H](C#Cc2cnc(Nc3cccc(C#N)c3)nc2NC2CC2)C1)N(C)C(=O)C=CCN(C)C. The molecular weight excluding hydrogens is 528 g/mol. The Morgan fingerprint density at radius 3 is 2.71 bits per heavy atom. The van der Waals surface area contributed by atoms with Gasteiger partial charge in [0.05, 0.1) is 23.4 Å². The van der Waals surface area contributed by atoms with Gasteiger partial charge in [-0.1, -0.05) is 30.4 Å². The minimum absolute atomic E-state index is 0.0110. The summed E-state index contributed by atoms with van der Waals surface area (Å²) < 4.78 is 0. The van der Waals surface area contributed by atoms with Crippen LogP contribution in [0.4, 0.5) is 17.5 Å². The quantitative estimate of drug-likeness (QED) is 0.293. The van der Waals surface area contributed by atoms with Gasteiger partial charge in [-0.25, -0.2) is 4.98 Å². The summed E-state index contributed by atoms with van der Waals surface area (Å²) in [5.41, 5.74) is 2.04. The highest BCUT2D eigenvalue weighted by Gasteiger charge is 2.27. The van der Waals surface area contributed by atoms with Gasteiger partial charge in [0.15, 0.2) is 0 Å². The van der Waals surface area contributed by atoms with Crippen molar-refractivity contribution >= 4 is 29.3 Å². The second kappa shape index (κ2) is 14.5. The number of carbonyl (C=O) groups excluding carboxylic acids is 2. The third-order valence-corrected chi connectivity index (χ3v) is 7.43. The standard InChI is InChI=1S/C32H40N8O2/c1-22(40(4)29(41)12-7-17-39(2)3)31(42)36-27-10-5-8-23(18-27)13-14-25-21-34-32(38-30(25)35-26-15-16-26)37-28-11-6-9-24(19-28)20-33/h6-7,9,11-12,19,21-23,26-27H,5,8,10,15-18H2,1-4H3,(H,36,42)(H2,34,35,37,38)/t22-,23-,27-/m0/s1. The van der Waals surface area contributed by atoms with Crippen molar-refractivity contribution in [2.75, 3.05) is 38.3 Å². The van der Waals surface area contributed by atoms with Crippen LogP contribution in [0.3, 0.4) is 0 Å². The van der Waals surface area contributed by atoms with Crippen LogP contribution in [0.15, 0.2) is 42.6 Å². The molecule has 1 aromatic heterocycles. The van der Waals surface area contributed by atoms with Crippen molar-refractivity contribution in [3.05, 3.63) is 53.7 Å². The number of nitrogens with zero attached hydrogens (tertiary/aromatic N) is 5. The van der Waals surface area contributed by atoms with Gasteiger partial charge in [-0.2, -0.15) is 10.2 Å². The van der Waals surface area contributed by atoms with Gasteiger partial charge >= 0.3 is 0 Å². The molecule has 2 amide bonds. The van der Waals surface area contributed by atoms with Crippen molar-refractivity contribution in [1.82, 2.24) is 25.1 Å². The number of rotatable bonds is 10. The maximum absolute atomic E-state index is 13.0. The smallest absolute Gasteiger partial charge is 0.246 e. The molecule has 42 heavy (non-hydrogen) atoms. The molecule has 0 saturated heterocycles. The van der Waals surface area contributed by atoms with E-state index in [-0.39, 0.29) is 23.8 Å². The molecule has 3 N–H and O–H groups in total. The summed E-state index contributed by atoms with van der Waals surface area (Å²) in [6.07, 6.45) is 10.8. The van der Waals surface area contributed by atoms with E-state index in [1.165, 1.54) is 11.0 Å². The van der Waals surface area contributed by atoms with Gasteiger partial charge in [-0.05, 0) is 71.3 Å². The van der Waals surface area contributed by atoms with Crippen molar-refractivity contribution in [2.24, 2.45) is 5.92 Å². The Morgan fingerprint density at radius 2 is 1.98 bits per heavy atom. The zero-order chi connectivity index (χ0) is 30.1. The molecule has 10 nitrogen and oxygen atoms in total. The number of carbonyl (C=O) groups is 2. The average Bonchev–Trinajstić information content (AvgIpc) is 3.80. The van der Waals surface area contributed by atoms with Crippen molar-refractivity contribution in [1.29, 1.82) is 5.26 Å². The Labute approximate surface area is 248 Å². The number of hydrogen-bond acceptors (Lipinski definition) is 8. The van der Waals surface area contributed by atoms with Crippen LogP contribution in [-0.4, -0.2) is 77.4 Å². The monoisotopic (exact) mass is 568 g/mol. The summed E-state index contributed by atoms with van der Waals surface area (Å²) in [4.78, 5) is 38.0. The zero-order valence-corrected chi connectivity index (χ0v) is 24.9. The Balaban J connectivity index is 1.37. The molecule has 2 aliphatic rings. The van der Waals surface area contributed by atoms with Crippen LogP contribution in [0.2, 0.25) is 0 Å². The predicted octanol–water partition coefficient (Wildman–Crippen LogP) is 3.66. The van der Waals surface area contributed by atoms with Gasteiger partial charge in [0, 0.05) is 43.4 Å². The lowest BCUT2D eigenvalue weighted by Crippen LogP contribution is -2.49. The molecule has 220 valence electrons. The molecule has 10 heteroatoms. The number of benzene rings is 1. The first-order chi connectivity index (χ1) is 20.2. The third-order valence-electron chi connectivity index (χ3n) is 7.43. The summed E-state index contributed by atoms with van der Waals surface area (Å²) in [6.45, 7) is 2.41. The van der Waals surface area contributed by atoms with Crippen LogP contribution in [0.25, 0.3) is 0 Å². The number of amides is 2. The Hall–Kier alpha value is -4.41. The lowest BCUT2D eigenvalue weighted by molar-refractivity contribution is -0.135. The zero-order valence-electron chi connectivity index (χ0n) is 24.9. The molecule has 0 aliphatic heterocycles. The first-order valence-electron chi connectivity index (χ1n) is 14.5. The van der Waals surface area contributed by atoms with E-state index in [1.54, 1.807) is 38.4 Å². The van der Waals surface area contributed by atoms with E-state index in [4.69, 9.17) is 0 Å². The molecule has 0 radical (unpaired) electrons. The van der Waals surface area contributed by atoms with Gasteiger partial charge in [-0.3, -0.25) is 9.59 Å². The summed E-state index contributed by atoms with van der Waals surface area (Å²) in [6, 6.07) is 9.15. The number of nitriles is 1. The van der Waals surface area contributed by atoms with Crippen LogP contribution in [0.1, 0.15) is 56.6 Å². The summed E-state index contributed by atoms with van der Waals surface area (Å²) in [7, 11) is 5.52. The fourth-order valence-electron chi connectivity index (χ4n) is 4.66. The van der Waals surface area contributed by atoms with E-state index in [9.17, 15) is 14.9 Å². The molecule has 2 fully saturated rings. The molecule has 2 aliphatic carbocycles. The van der Waals surface area contributed by atoms with Crippen LogP contribution in [0, 0.1) is 29.1 Å². The summed E-state index contributed by atoms with van der Waals surface area (Å²) in [5, 5.41) is 19.0. The molecule has 1 heterocycles. The summed E-state index contributed by atoms with van der Waals surface area (Å²) >= 11 is 0. The molecular formula is C32H40N8O2. The highest BCUT2D eigenvalue weighted by atomic mass is 16.2. The van der Waals surface area contributed by atoms with Gasteiger partial charge in [0.2, 0.25) is 17.8 Å². The van der Waals surface area contributed by atoms with Crippen molar-refractivity contribution < 1.29 is 9.59 Å². The van der Waals surface area contributed by atoms with Crippen LogP contribution < -0.4 is 16.0 Å². The van der Waals surface area contributed by atoms with Crippen molar-refractivity contribution in [2.45, 2.75) is 63.6 Å².